The fourth-order valence-corrected chi connectivity index (χ4v) is 2.56. The fourth-order valence-electron chi connectivity index (χ4n) is 2.32. The third-order valence-corrected chi connectivity index (χ3v) is 3.87. The summed E-state index contributed by atoms with van der Waals surface area (Å²) in [5.74, 6) is 1.26. The van der Waals surface area contributed by atoms with Crippen molar-refractivity contribution in [2.75, 3.05) is 0 Å². The maximum atomic E-state index is 6.27. The summed E-state index contributed by atoms with van der Waals surface area (Å²) in [4.78, 5) is 0. The summed E-state index contributed by atoms with van der Waals surface area (Å²) in [6, 6.07) is 7.69. The van der Waals surface area contributed by atoms with E-state index in [2.05, 4.69) is 20.5 Å². The van der Waals surface area contributed by atoms with Gasteiger partial charge < -0.3 is 4.52 Å². The van der Waals surface area contributed by atoms with Gasteiger partial charge in [-0.3, -0.25) is 0 Å². The van der Waals surface area contributed by atoms with Crippen LogP contribution in [0.5, 0.6) is 0 Å². The lowest BCUT2D eigenvalue weighted by Crippen LogP contribution is -1.98. The molecule has 3 heterocycles. The minimum atomic E-state index is 0.400. The standard InChI is InChI=1S/C14H10ClN5O/c1-7-8(2)21-19-11(7)14-17-16-13-10-6-4-3-5-9(10)12(15)18-20(13)14/h3-6H,1-2H3. The molecule has 3 aromatic heterocycles. The molecule has 0 saturated heterocycles. The second-order valence-electron chi connectivity index (χ2n) is 4.81. The van der Waals surface area contributed by atoms with Gasteiger partial charge >= 0.3 is 0 Å². The molecule has 21 heavy (non-hydrogen) atoms. The number of aryl methyl sites for hydroxylation is 1. The molecule has 0 amide bonds. The van der Waals surface area contributed by atoms with Crippen LogP contribution in [0.2, 0.25) is 5.15 Å². The maximum Gasteiger partial charge on any atom is 0.207 e. The lowest BCUT2D eigenvalue weighted by Gasteiger charge is -2.02. The highest BCUT2D eigenvalue weighted by Gasteiger charge is 2.19. The summed E-state index contributed by atoms with van der Waals surface area (Å²) in [6.45, 7) is 3.77. The van der Waals surface area contributed by atoms with Gasteiger partial charge in [-0.05, 0) is 13.8 Å². The van der Waals surface area contributed by atoms with E-state index < -0.39 is 0 Å². The fraction of sp³-hybridized carbons (Fsp3) is 0.143. The minimum absolute atomic E-state index is 0.400. The highest BCUT2D eigenvalue weighted by Crippen LogP contribution is 2.28. The van der Waals surface area contributed by atoms with Crippen LogP contribution in [-0.2, 0) is 0 Å². The molecule has 0 bridgehead atoms. The highest BCUT2D eigenvalue weighted by molar-refractivity contribution is 6.34. The summed E-state index contributed by atoms with van der Waals surface area (Å²) < 4.78 is 6.80. The van der Waals surface area contributed by atoms with Crippen molar-refractivity contribution in [3.8, 4) is 11.5 Å². The van der Waals surface area contributed by atoms with Crippen molar-refractivity contribution in [1.82, 2.24) is 25.0 Å². The van der Waals surface area contributed by atoms with Crippen LogP contribution in [-0.4, -0.2) is 25.0 Å². The monoisotopic (exact) mass is 299 g/mol. The average Bonchev–Trinajstić information content (AvgIpc) is 3.04. The van der Waals surface area contributed by atoms with Crippen LogP contribution >= 0.6 is 11.6 Å². The number of hydrogen-bond acceptors (Lipinski definition) is 5. The summed E-state index contributed by atoms with van der Waals surface area (Å²) >= 11 is 6.27. The average molecular weight is 300 g/mol. The van der Waals surface area contributed by atoms with Crippen molar-refractivity contribution >= 4 is 28.0 Å². The van der Waals surface area contributed by atoms with Crippen molar-refractivity contribution in [2.45, 2.75) is 13.8 Å². The Kier molecular flexibility index (Phi) is 2.49. The first-order chi connectivity index (χ1) is 10.2. The topological polar surface area (TPSA) is 69.1 Å². The van der Waals surface area contributed by atoms with Gasteiger partial charge in [0, 0.05) is 16.3 Å². The molecule has 7 heteroatoms. The molecular formula is C14H10ClN5O. The van der Waals surface area contributed by atoms with E-state index >= 15 is 0 Å². The van der Waals surface area contributed by atoms with Gasteiger partial charge in [-0.15, -0.1) is 10.2 Å². The van der Waals surface area contributed by atoms with E-state index in [4.69, 9.17) is 16.1 Å². The second kappa shape index (κ2) is 4.26. The third-order valence-electron chi connectivity index (χ3n) is 3.59. The van der Waals surface area contributed by atoms with E-state index in [1.807, 2.05) is 38.1 Å². The number of aromatic nitrogens is 5. The van der Waals surface area contributed by atoms with E-state index in [1.54, 1.807) is 4.52 Å². The molecule has 6 nitrogen and oxygen atoms in total. The molecule has 1 aromatic carbocycles. The van der Waals surface area contributed by atoms with Gasteiger partial charge in [0.25, 0.3) is 0 Å². The summed E-state index contributed by atoms with van der Waals surface area (Å²) in [5.41, 5.74) is 2.18. The molecule has 0 radical (unpaired) electrons. The quantitative estimate of drug-likeness (QED) is 0.540. The van der Waals surface area contributed by atoms with Crippen LogP contribution in [0.3, 0.4) is 0 Å². The van der Waals surface area contributed by atoms with Crippen LogP contribution in [0.15, 0.2) is 28.8 Å². The minimum Gasteiger partial charge on any atom is -0.361 e. The molecule has 0 aliphatic heterocycles. The predicted molar refractivity (Wildman–Crippen MR) is 78.3 cm³/mol. The van der Waals surface area contributed by atoms with Crippen molar-refractivity contribution in [1.29, 1.82) is 0 Å². The zero-order valence-electron chi connectivity index (χ0n) is 11.3. The van der Waals surface area contributed by atoms with Crippen LogP contribution in [0.4, 0.5) is 0 Å². The van der Waals surface area contributed by atoms with Gasteiger partial charge in [0.2, 0.25) is 5.82 Å². The zero-order chi connectivity index (χ0) is 14.6. The van der Waals surface area contributed by atoms with Gasteiger partial charge in [0.15, 0.2) is 16.5 Å². The van der Waals surface area contributed by atoms with Gasteiger partial charge in [-0.25, -0.2) is 0 Å². The Labute approximate surface area is 124 Å². The zero-order valence-corrected chi connectivity index (χ0v) is 12.1. The molecule has 4 rings (SSSR count). The SMILES string of the molecule is Cc1onc(-c2nnc3c4ccccc4c(Cl)nn23)c1C. The van der Waals surface area contributed by atoms with Crippen molar-refractivity contribution < 1.29 is 4.52 Å². The highest BCUT2D eigenvalue weighted by atomic mass is 35.5. The first-order valence-electron chi connectivity index (χ1n) is 6.39. The molecule has 0 fully saturated rings. The smallest absolute Gasteiger partial charge is 0.207 e. The lowest BCUT2D eigenvalue weighted by molar-refractivity contribution is 0.398. The number of rotatable bonds is 1. The van der Waals surface area contributed by atoms with Gasteiger partial charge in [0.1, 0.15) is 5.76 Å². The maximum absolute atomic E-state index is 6.27. The normalized spacial score (nSPS) is 11.6. The summed E-state index contributed by atoms with van der Waals surface area (Å²) in [7, 11) is 0. The first kappa shape index (κ1) is 12.3. The molecule has 0 aliphatic rings. The summed E-state index contributed by atoms with van der Waals surface area (Å²) in [6.07, 6.45) is 0. The van der Waals surface area contributed by atoms with Crippen LogP contribution in [0.1, 0.15) is 11.3 Å². The number of hydrogen-bond donors (Lipinski definition) is 0. The van der Waals surface area contributed by atoms with E-state index in [0.717, 1.165) is 22.1 Å². The predicted octanol–water partition coefficient (Wildman–Crippen LogP) is 3.20. The Balaban J connectivity index is 2.12. The van der Waals surface area contributed by atoms with Crippen LogP contribution in [0.25, 0.3) is 27.9 Å². The van der Waals surface area contributed by atoms with E-state index in [0.29, 0.717) is 22.3 Å². The van der Waals surface area contributed by atoms with E-state index in [-0.39, 0.29) is 0 Å². The Morgan fingerprint density at radius 1 is 1.10 bits per heavy atom. The largest absolute Gasteiger partial charge is 0.361 e. The molecule has 0 atom stereocenters. The number of benzene rings is 1. The lowest BCUT2D eigenvalue weighted by atomic mass is 10.2. The molecule has 0 unspecified atom stereocenters. The molecule has 4 aromatic rings. The molecular weight excluding hydrogens is 290 g/mol. The van der Waals surface area contributed by atoms with E-state index in [1.165, 1.54) is 0 Å². The van der Waals surface area contributed by atoms with Gasteiger partial charge in [-0.1, -0.05) is 41.0 Å². The molecule has 0 aliphatic carbocycles. The van der Waals surface area contributed by atoms with Crippen LogP contribution in [0, 0.1) is 13.8 Å². The third kappa shape index (κ3) is 1.66. The summed E-state index contributed by atoms with van der Waals surface area (Å²) in [5, 5.41) is 19.0. The number of nitrogens with zero attached hydrogens (tertiary/aromatic N) is 5. The Bertz CT molecular complexity index is 988. The van der Waals surface area contributed by atoms with Crippen molar-refractivity contribution in [3.05, 3.63) is 40.7 Å². The molecule has 104 valence electrons. The van der Waals surface area contributed by atoms with Crippen molar-refractivity contribution in [2.24, 2.45) is 0 Å². The van der Waals surface area contributed by atoms with E-state index in [9.17, 15) is 0 Å². The first-order valence-corrected chi connectivity index (χ1v) is 6.77. The number of halogens is 1. The molecule has 0 spiro atoms. The Morgan fingerprint density at radius 2 is 1.86 bits per heavy atom. The molecule has 0 N–H and O–H groups in total. The number of fused-ring (bicyclic) bond motifs is 3. The van der Waals surface area contributed by atoms with Crippen molar-refractivity contribution in [3.63, 3.8) is 0 Å². The Hall–Kier alpha value is -2.47. The van der Waals surface area contributed by atoms with Crippen LogP contribution < -0.4 is 0 Å². The van der Waals surface area contributed by atoms with Gasteiger partial charge in [0.05, 0.1) is 0 Å². The molecule has 0 saturated carbocycles. The Morgan fingerprint density at radius 3 is 2.57 bits per heavy atom. The van der Waals surface area contributed by atoms with Gasteiger partial charge in [-0.2, -0.15) is 9.61 Å². The second-order valence-corrected chi connectivity index (χ2v) is 5.17.